The molecule has 3 rings (SSSR count). The normalized spacial score (nSPS) is 23.8. The quantitative estimate of drug-likeness (QED) is 0.895. The first kappa shape index (κ1) is 16.3. The summed E-state index contributed by atoms with van der Waals surface area (Å²) in [6, 6.07) is 6.44. The van der Waals surface area contributed by atoms with Crippen molar-refractivity contribution < 1.29 is 19.4 Å². The van der Waals surface area contributed by atoms with Gasteiger partial charge >= 0.3 is 5.97 Å². The number of nitrogens with zero attached hydrogens (tertiary/aromatic N) is 1. The molecule has 0 radical (unpaired) electrons. The lowest BCUT2D eigenvalue weighted by molar-refractivity contribution is 0.0441. The molecule has 1 aromatic carbocycles. The zero-order valence-electron chi connectivity index (χ0n) is 12.9. The van der Waals surface area contributed by atoms with Crippen LogP contribution in [-0.4, -0.2) is 58.7 Å². The van der Waals surface area contributed by atoms with E-state index in [1.807, 2.05) is 16.7 Å². The molecule has 2 heterocycles. The molecule has 0 spiro atoms. The largest absolute Gasteiger partial charge is 0.478 e. The monoisotopic (exact) mass is 335 g/mol. The van der Waals surface area contributed by atoms with Gasteiger partial charge in [-0.15, -0.1) is 0 Å². The maximum Gasteiger partial charge on any atom is 0.335 e. The summed E-state index contributed by atoms with van der Waals surface area (Å²) in [7, 11) is 0. The Hall–Kier alpha value is -1.53. The minimum absolute atomic E-state index is 0.0232. The van der Waals surface area contributed by atoms with Gasteiger partial charge in [-0.25, -0.2) is 4.79 Å². The fourth-order valence-corrected chi connectivity index (χ4v) is 4.32. The summed E-state index contributed by atoms with van der Waals surface area (Å²) in [5, 5.41) is 8.97. The van der Waals surface area contributed by atoms with Crippen LogP contribution < -0.4 is 0 Å². The minimum atomic E-state index is -0.979. The third-order valence-electron chi connectivity index (χ3n) is 4.41. The molecule has 6 heteroatoms. The van der Waals surface area contributed by atoms with E-state index in [9.17, 15) is 9.59 Å². The summed E-state index contributed by atoms with van der Waals surface area (Å²) in [5.41, 5.74) is 0.744. The number of carboxylic acid groups (broad SMARTS) is 1. The van der Waals surface area contributed by atoms with Crippen LogP contribution in [-0.2, 0) is 4.74 Å². The van der Waals surface area contributed by atoms with Gasteiger partial charge in [-0.1, -0.05) is 0 Å². The van der Waals surface area contributed by atoms with Crippen LogP contribution in [0.25, 0.3) is 0 Å². The third kappa shape index (κ3) is 3.87. The molecule has 2 aliphatic rings. The number of amides is 1. The topological polar surface area (TPSA) is 66.8 Å². The van der Waals surface area contributed by atoms with Gasteiger partial charge in [0.15, 0.2) is 0 Å². The molecular formula is C17H21NO4S. The predicted octanol–water partition coefficient (Wildman–Crippen LogP) is 2.51. The average molecular weight is 335 g/mol. The van der Waals surface area contributed by atoms with Crippen molar-refractivity contribution in [1.82, 2.24) is 4.90 Å². The van der Waals surface area contributed by atoms with Gasteiger partial charge in [0.25, 0.3) is 5.91 Å². The first-order chi connectivity index (χ1) is 11.1. The zero-order valence-corrected chi connectivity index (χ0v) is 13.8. The van der Waals surface area contributed by atoms with Crippen molar-refractivity contribution in [3.63, 3.8) is 0 Å². The zero-order chi connectivity index (χ0) is 16.2. The summed E-state index contributed by atoms with van der Waals surface area (Å²) in [6.07, 6.45) is 3.19. The lowest BCUT2D eigenvalue weighted by Gasteiger charge is -2.31. The number of hydrogen-bond acceptors (Lipinski definition) is 4. The van der Waals surface area contributed by atoms with Crippen LogP contribution in [0.1, 0.15) is 40.0 Å². The Bertz CT molecular complexity index is 562. The highest BCUT2D eigenvalue weighted by Gasteiger charge is 2.31. The molecule has 1 N–H and O–H groups in total. The molecule has 5 nitrogen and oxygen atoms in total. The van der Waals surface area contributed by atoms with Crippen LogP contribution in [0.15, 0.2) is 24.3 Å². The van der Waals surface area contributed by atoms with Crippen molar-refractivity contribution in [2.24, 2.45) is 0 Å². The number of thioether (sulfide) groups is 1. The maximum atomic E-state index is 12.9. The Morgan fingerprint density at radius 3 is 2.52 bits per heavy atom. The molecule has 23 heavy (non-hydrogen) atoms. The third-order valence-corrected chi connectivity index (χ3v) is 5.56. The fraction of sp³-hybridized carbons (Fsp3) is 0.529. The van der Waals surface area contributed by atoms with Gasteiger partial charge in [-0.2, -0.15) is 11.8 Å². The van der Waals surface area contributed by atoms with Gasteiger partial charge in [0.05, 0.1) is 11.7 Å². The molecule has 124 valence electrons. The van der Waals surface area contributed by atoms with Crippen LogP contribution in [0.2, 0.25) is 0 Å². The SMILES string of the molecule is O=C(O)c1ccc(C(=O)N(CC2CCCO2)C2CCSC2)cc1. The van der Waals surface area contributed by atoms with E-state index in [0.717, 1.165) is 37.4 Å². The molecule has 0 saturated carbocycles. The van der Waals surface area contributed by atoms with Crippen LogP contribution in [0.4, 0.5) is 0 Å². The van der Waals surface area contributed by atoms with E-state index in [1.165, 1.54) is 12.1 Å². The number of rotatable bonds is 5. The first-order valence-electron chi connectivity index (χ1n) is 7.99. The van der Waals surface area contributed by atoms with Gasteiger partial charge in [0.1, 0.15) is 0 Å². The Labute approximate surface area is 140 Å². The fourth-order valence-electron chi connectivity index (χ4n) is 3.09. The van der Waals surface area contributed by atoms with Crippen LogP contribution in [0.5, 0.6) is 0 Å². The van der Waals surface area contributed by atoms with Crippen molar-refractivity contribution in [3.05, 3.63) is 35.4 Å². The second-order valence-electron chi connectivity index (χ2n) is 5.99. The highest BCUT2D eigenvalue weighted by Crippen LogP contribution is 2.26. The van der Waals surface area contributed by atoms with Crippen molar-refractivity contribution >= 4 is 23.6 Å². The van der Waals surface area contributed by atoms with E-state index in [-0.39, 0.29) is 23.6 Å². The number of carbonyl (C=O) groups excluding carboxylic acids is 1. The van der Waals surface area contributed by atoms with Crippen LogP contribution in [0, 0.1) is 0 Å². The summed E-state index contributed by atoms with van der Waals surface area (Å²) < 4.78 is 5.70. The standard InChI is InChI=1S/C17H21NO4S/c19-16(12-3-5-13(6-4-12)17(20)21)18(14-7-9-23-11-14)10-15-2-1-8-22-15/h3-6,14-15H,1-2,7-11H2,(H,20,21). The second-order valence-corrected chi connectivity index (χ2v) is 7.14. The van der Waals surface area contributed by atoms with E-state index >= 15 is 0 Å². The average Bonchev–Trinajstić information content (AvgIpc) is 3.25. The molecule has 0 aromatic heterocycles. The summed E-state index contributed by atoms with van der Waals surface area (Å²) in [5.74, 6) is 1.04. The van der Waals surface area contributed by atoms with Gasteiger partial charge < -0.3 is 14.7 Å². The Balaban J connectivity index is 1.76. The summed E-state index contributed by atoms with van der Waals surface area (Å²) in [6.45, 7) is 1.41. The molecular weight excluding hydrogens is 314 g/mol. The highest BCUT2D eigenvalue weighted by atomic mass is 32.2. The molecule has 2 aliphatic heterocycles. The Morgan fingerprint density at radius 1 is 1.22 bits per heavy atom. The van der Waals surface area contributed by atoms with E-state index in [1.54, 1.807) is 12.1 Å². The van der Waals surface area contributed by atoms with E-state index in [0.29, 0.717) is 12.1 Å². The molecule has 0 bridgehead atoms. The molecule has 1 amide bonds. The number of ether oxygens (including phenoxy) is 1. The van der Waals surface area contributed by atoms with E-state index < -0.39 is 5.97 Å². The molecule has 2 saturated heterocycles. The Kier molecular flexibility index (Phi) is 5.23. The van der Waals surface area contributed by atoms with E-state index in [2.05, 4.69) is 0 Å². The van der Waals surface area contributed by atoms with Crippen molar-refractivity contribution in [2.75, 3.05) is 24.7 Å². The predicted molar refractivity (Wildman–Crippen MR) is 89.1 cm³/mol. The number of carbonyl (C=O) groups is 2. The number of hydrogen-bond donors (Lipinski definition) is 1. The Morgan fingerprint density at radius 2 is 1.96 bits per heavy atom. The van der Waals surface area contributed by atoms with Crippen molar-refractivity contribution in [2.45, 2.75) is 31.4 Å². The number of aromatic carboxylic acids is 1. The molecule has 2 fully saturated rings. The maximum absolute atomic E-state index is 12.9. The first-order valence-corrected chi connectivity index (χ1v) is 9.14. The highest BCUT2D eigenvalue weighted by molar-refractivity contribution is 7.99. The molecule has 2 atom stereocenters. The number of carboxylic acids is 1. The summed E-state index contributed by atoms with van der Waals surface area (Å²) >= 11 is 1.87. The smallest absolute Gasteiger partial charge is 0.335 e. The van der Waals surface area contributed by atoms with Gasteiger partial charge in [-0.3, -0.25) is 4.79 Å². The van der Waals surface area contributed by atoms with Crippen LogP contribution in [0.3, 0.4) is 0 Å². The minimum Gasteiger partial charge on any atom is -0.478 e. The molecule has 2 unspecified atom stereocenters. The van der Waals surface area contributed by atoms with E-state index in [4.69, 9.17) is 9.84 Å². The lowest BCUT2D eigenvalue weighted by atomic mass is 10.1. The van der Waals surface area contributed by atoms with Gasteiger partial charge in [-0.05, 0) is 49.3 Å². The van der Waals surface area contributed by atoms with Gasteiger partial charge in [0.2, 0.25) is 0 Å². The van der Waals surface area contributed by atoms with Crippen molar-refractivity contribution in [1.29, 1.82) is 0 Å². The second kappa shape index (κ2) is 7.36. The van der Waals surface area contributed by atoms with Crippen LogP contribution >= 0.6 is 11.8 Å². The van der Waals surface area contributed by atoms with Gasteiger partial charge in [0, 0.05) is 30.5 Å². The van der Waals surface area contributed by atoms with Crippen molar-refractivity contribution in [3.8, 4) is 0 Å². The number of benzene rings is 1. The molecule has 1 aromatic rings. The summed E-state index contributed by atoms with van der Waals surface area (Å²) in [4.78, 5) is 25.8. The lowest BCUT2D eigenvalue weighted by Crippen LogP contribution is -2.44. The molecule has 0 aliphatic carbocycles.